The van der Waals surface area contributed by atoms with Gasteiger partial charge in [0.05, 0.1) is 7.11 Å². The number of carbonyl (C=O) groups is 1. The zero-order valence-electron chi connectivity index (χ0n) is 13.9. The van der Waals surface area contributed by atoms with Gasteiger partial charge in [0.2, 0.25) is 0 Å². The monoisotopic (exact) mass is 326 g/mol. The molecule has 6 nitrogen and oxygen atoms in total. The number of guanidine groups is 1. The number of ether oxygens (including phenoxy) is 1. The summed E-state index contributed by atoms with van der Waals surface area (Å²) in [5.74, 6) is 0.990. The first-order valence-corrected chi connectivity index (χ1v) is 7.64. The van der Waals surface area contributed by atoms with E-state index in [0.29, 0.717) is 24.5 Å². The summed E-state index contributed by atoms with van der Waals surface area (Å²) < 4.78 is 5.16. The molecule has 0 fully saturated rings. The van der Waals surface area contributed by atoms with E-state index in [1.165, 1.54) is 0 Å². The first kappa shape index (κ1) is 17.3. The summed E-state index contributed by atoms with van der Waals surface area (Å²) in [7, 11) is 3.23. The molecular weight excluding hydrogens is 304 g/mol. The number of methoxy groups -OCH3 is 1. The molecule has 0 aromatic heterocycles. The summed E-state index contributed by atoms with van der Waals surface area (Å²) >= 11 is 0. The van der Waals surface area contributed by atoms with Gasteiger partial charge in [-0.1, -0.05) is 18.2 Å². The van der Waals surface area contributed by atoms with Crippen LogP contribution in [0.25, 0.3) is 0 Å². The predicted octanol–water partition coefficient (Wildman–Crippen LogP) is 2.02. The zero-order chi connectivity index (χ0) is 17.4. The quantitative estimate of drug-likeness (QED) is 0.560. The molecule has 2 aromatic rings. The van der Waals surface area contributed by atoms with E-state index in [1.54, 1.807) is 20.2 Å². The highest BCUT2D eigenvalue weighted by molar-refractivity contribution is 5.94. The normalized spacial score (nSPS) is 11.0. The molecule has 2 aromatic carbocycles. The minimum Gasteiger partial charge on any atom is -0.497 e. The second-order valence-electron chi connectivity index (χ2n) is 5.15. The van der Waals surface area contributed by atoms with E-state index >= 15 is 0 Å². The summed E-state index contributed by atoms with van der Waals surface area (Å²) in [4.78, 5) is 15.9. The van der Waals surface area contributed by atoms with Crippen molar-refractivity contribution in [2.75, 3.05) is 26.0 Å². The molecule has 0 spiro atoms. The summed E-state index contributed by atoms with van der Waals surface area (Å²) in [6, 6.07) is 14.9. The summed E-state index contributed by atoms with van der Waals surface area (Å²) in [6.07, 6.45) is 0.700. The summed E-state index contributed by atoms with van der Waals surface area (Å²) in [5, 5.41) is 5.64. The van der Waals surface area contributed by atoms with Crippen molar-refractivity contribution in [1.82, 2.24) is 5.32 Å². The van der Waals surface area contributed by atoms with E-state index in [-0.39, 0.29) is 5.91 Å². The molecule has 0 saturated carbocycles. The van der Waals surface area contributed by atoms with Gasteiger partial charge >= 0.3 is 0 Å². The van der Waals surface area contributed by atoms with Crippen molar-refractivity contribution >= 4 is 17.6 Å². The SMILES string of the molecule is CNC(=O)c1cccc(CCN=C(N)Nc2cccc(OC)c2)c1. The first-order chi connectivity index (χ1) is 11.6. The topological polar surface area (TPSA) is 88.7 Å². The third-order valence-corrected chi connectivity index (χ3v) is 3.44. The third kappa shape index (κ3) is 5.01. The largest absolute Gasteiger partial charge is 0.497 e. The number of carbonyl (C=O) groups excluding carboxylic acids is 1. The molecule has 6 heteroatoms. The highest BCUT2D eigenvalue weighted by Gasteiger charge is 2.03. The lowest BCUT2D eigenvalue weighted by molar-refractivity contribution is 0.0963. The van der Waals surface area contributed by atoms with Gasteiger partial charge in [0.1, 0.15) is 5.75 Å². The number of rotatable bonds is 6. The van der Waals surface area contributed by atoms with Gasteiger partial charge in [-0.15, -0.1) is 0 Å². The number of nitrogens with one attached hydrogen (secondary N) is 2. The molecule has 0 aliphatic rings. The Morgan fingerprint density at radius 1 is 1.21 bits per heavy atom. The Balaban J connectivity index is 1.92. The Labute approximate surface area is 141 Å². The molecule has 0 bridgehead atoms. The fraction of sp³-hybridized carbons (Fsp3) is 0.222. The fourth-order valence-electron chi connectivity index (χ4n) is 2.21. The van der Waals surface area contributed by atoms with Crippen molar-refractivity contribution in [3.63, 3.8) is 0 Å². The van der Waals surface area contributed by atoms with Gasteiger partial charge < -0.3 is 21.1 Å². The molecule has 4 N–H and O–H groups in total. The fourth-order valence-corrected chi connectivity index (χ4v) is 2.21. The van der Waals surface area contributed by atoms with Crippen molar-refractivity contribution in [1.29, 1.82) is 0 Å². The summed E-state index contributed by atoms with van der Waals surface area (Å²) in [6.45, 7) is 0.528. The minimum atomic E-state index is -0.0976. The molecule has 0 atom stereocenters. The standard InChI is InChI=1S/C18H22N4O2/c1-20-17(23)14-6-3-5-13(11-14)9-10-21-18(19)22-15-7-4-8-16(12-15)24-2/h3-8,11-12H,9-10H2,1-2H3,(H,20,23)(H3,19,21,22). The van der Waals surface area contributed by atoms with Crippen LogP contribution in [0.15, 0.2) is 53.5 Å². The number of hydrogen-bond donors (Lipinski definition) is 3. The van der Waals surface area contributed by atoms with Crippen molar-refractivity contribution in [2.24, 2.45) is 10.7 Å². The van der Waals surface area contributed by atoms with Gasteiger partial charge in [-0.2, -0.15) is 0 Å². The number of hydrogen-bond acceptors (Lipinski definition) is 3. The molecule has 1 amide bonds. The molecule has 0 unspecified atom stereocenters. The van der Waals surface area contributed by atoms with Crippen LogP contribution in [0.4, 0.5) is 5.69 Å². The minimum absolute atomic E-state index is 0.0976. The lowest BCUT2D eigenvalue weighted by Crippen LogP contribution is -2.23. The molecular formula is C18H22N4O2. The van der Waals surface area contributed by atoms with E-state index in [0.717, 1.165) is 17.0 Å². The van der Waals surface area contributed by atoms with Crippen LogP contribution in [-0.4, -0.2) is 32.6 Å². The molecule has 2 rings (SSSR count). The van der Waals surface area contributed by atoms with Crippen molar-refractivity contribution in [3.8, 4) is 5.75 Å². The molecule has 0 aliphatic heterocycles. The lowest BCUT2D eigenvalue weighted by atomic mass is 10.1. The average molecular weight is 326 g/mol. The number of benzene rings is 2. The molecule has 0 radical (unpaired) electrons. The third-order valence-electron chi connectivity index (χ3n) is 3.44. The van der Waals surface area contributed by atoms with Crippen LogP contribution >= 0.6 is 0 Å². The molecule has 0 heterocycles. The average Bonchev–Trinajstić information content (AvgIpc) is 2.61. The van der Waals surface area contributed by atoms with Crippen LogP contribution in [0.2, 0.25) is 0 Å². The van der Waals surface area contributed by atoms with Crippen molar-refractivity contribution in [3.05, 3.63) is 59.7 Å². The number of amides is 1. The van der Waals surface area contributed by atoms with Crippen molar-refractivity contribution in [2.45, 2.75) is 6.42 Å². The van der Waals surface area contributed by atoms with E-state index < -0.39 is 0 Å². The lowest BCUT2D eigenvalue weighted by Gasteiger charge is -2.07. The second kappa shape index (κ2) is 8.57. The van der Waals surface area contributed by atoms with Crippen LogP contribution in [0.1, 0.15) is 15.9 Å². The predicted molar refractivity (Wildman–Crippen MR) is 96.6 cm³/mol. The molecule has 0 saturated heterocycles. The Kier molecular flexibility index (Phi) is 6.19. The van der Waals surface area contributed by atoms with E-state index in [9.17, 15) is 4.79 Å². The van der Waals surface area contributed by atoms with Crippen LogP contribution in [0, 0.1) is 0 Å². The van der Waals surface area contributed by atoms with Crippen LogP contribution in [0.5, 0.6) is 5.75 Å². The molecule has 126 valence electrons. The van der Waals surface area contributed by atoms with Gasteiger partial charge in [0.25, 0.3) is 5.91 Å². The number of nitrogens with zero attached hydrogens (tertiary/aromatic N) is 1. The van der Waals surface area contributed by atoms with E-state index in [4.69, 9.17) is 10.5 Å². The Bertz CT molecular complexity index is 728. The van der Waals surface area contributed by atoms with Crippen LogP contribution < -0.4 is 21.1 Å². The number of aliphatic imine (C=N–C) groups is 1. The first-order valence-electron chi connectivity index (χ1n) is 7.64. The maximum atomic E-state index is 11.6. The maximum Gasteiger partial charge on any atom is 0.251 e. The highest BCUT2D eigenvalue weighted by atomic mass is 16.5. The van der Waals surface area contributed by atoms with E-state index in [1.807, 2.05) is 42.5 Å². The zero-order valence-corrected chi connectivity index (χ0v) is 13.9. The van der Waals surface area contributed by atoms with Crippen LogP contribution in [-0.2, 0) is 6.42 Å². The van der Waals surface area contributed by atoms with Gasteiger partial charge in [-0.05, 0) is 36.2 Å². The van der Waals surface area contributed by atoms with Crippen molar-refractivity contribution < 1.29 is 9.53 Å². The molecule has 24 heavy (non-hydrogen) atoms. The van der Waals surface area contributed by atoms with Gasteiger partial charge in [0.15, 0.2) is 5.96 Å². The number of nitrogens with two attached hydrogens (primary N) is 1. The van der Waals surface area contributed by atoms with Gasteiger partial charge in [-0.25, -0.2) is 0 Å². The van der Waals surface area contributed by atoms with E-state index in [2.05, 4.69) is 15.6 Å². The maximum absolute atomic E-state index is 11.6. The molecule has 0 aliphatic carbocycles. The van der Waals surface area contributed by atoms with Gasteiger partial charge in [0, 0.05) is 30.9 Å². The van der Waals surface area contributed by atoms with Crippen LogP contribution in [0.3, 0.4) is 0 Å². The highest BCUT2D eigenvalue weighted by Crippen LogP contribution is 2.16. The Hall–Kier alpha value is -3.02. The Morgan fingerprint density at radius 3 is 2.75 bits per heavy atom. The number of anilines is 1. The smallest absolute Gasteiger partial charge is 0.251 e. The second-order valence-corrected chi connectivity index (χ2v) is 5.15. The summed E-state index contributed by atoms with van der Waals surface area (Å²) in [5.41, 5.74) is 8.39. The Morgan fingerprint density at radius 2 is 2.00 bits per heavy atom. The van der Waals surface area contributed by atoms with Gasteiger partial charge in [-0.3, -0.25) is 9.79 Å².